The molecule has 0 N–H and O–H groups in total. The lowest BCUT2D eigenvalue weighted by atomic mass is 10.8. The van der Waals surface area contributed by atoms with Gasteiger partial charge in [0.05, 0.1) is 0 Å². The van der Waals surface area contributed by atoms with Crippen molar-refractivity contribution in [2.24, 2.45) is 0 Å². The van der Waals surface area contributed by atoms with Gasteiger partial charge in [-0.1, -0.05) is 9.69 Å². The second-order valence-electron chi connectivity index (χ2n) is 2.12. The predicted molar refractivity (Wildman–Crippen MR) is 32.5 cm³/mol. The van der Waals surface area contributed by atoms with Gasteiger partial charge in [0, 0.05) is 4.52 Å². The van der Waals surface area contributed by atoms with Gasteiger partial charge in [-0.05, 0) is 0 Å². The van der Waals surface area contributed by atoms with Crippen LogP contribution in [0, 0.1) is 10.4 Å². The molecule has 0 fully saturated rings. The van der Waals surface area contributed by atoms with Crippen molar-refractivity contribution in [2.75, 3.05) is 0 Å². The van der Waals surface area contributed by atoms with Crippen molar-refractivity contribution in [3.8, 4) is 0 Å². The standard InChI is InChI=1S/C4H2N4O4/c9-3-1-5(11)8-6(12)2-4(10)7(3)8/h1-2H. The number of fused-ring (bicyclic) bond motifs is 1. The molecule has 0 saturated carbocycles. The van der Waals surface area contributed by atoms with E-state index < -0.39 is 11.1 Å². The Labute approximate surface area is 63.6 Å². The number of hydrogen-bond donors (Lipinski definition) is 0. The zero-order valence-corrected chi connectivity index (χ0v) is 5.58. The summed E-state index contributed by atoms with van der Waals surface area (Å²) in [5.74, 6) is 0. The van der Waals surface area contributed by atoms with Gasteiger partial charge in [0.2, 0.25) is 0 Å². The maximum atomic E-state index is 10.8. The first kappa shape index (κ1) is 6.58. The highest BCUT2D eigenvalue weighted by Gasteiger charge is 2.22. The molecule has 8 nitrogen and oxygen atoms in total. The molecular formula is C4H2N4O4. The van der Waals surface area contributed by atoms with Crippen LogP contribution in [0.4, 0.5) is 0 Å². The molecule has 0 aliphatic rings. The van der Waals surface area contributed by atoms with Crippen LogP contribution in [0.2, 0.25) is 0 Å². The predicted octanol–water partition coefficient (Wildman–Crippen LogP) is -3.54. The Morgan fingerprint density at radius 3 is 1.83 bits per heavy atom. The zero-order chi connectivity index (χ0) is 8.88. The number of hydrogen-bond acceptors (Lipinski definition) is 4. The van der Waals surface area contributed by atoms with Gasteiger partial charge in [-0.2, -0.15) is 0 Å². The summed E-state index contributed by atoms with van der Waals surface area (Å²) in [4.78, 5) is 21.6. The largest absolute Gasteiger partial charge is 0.656 e. The SMILES string of the molecule is O=c1c[n+]([O-])n2n1c(=O)c[n+]2[O-]. The molecule has 0 saturated heterocycles. The van der Waals surface area contributed by atoms with E-state index in [1.165, 1.54) is 0 Å². The first-order valence-corrected chi connectivity index (χ1v) is 2.91. The lowest BCUT2D eigenvalue weighted by Crippen LogP contribution is -2.49. The summed E-state index contributed by atoms with van der Waals surface area (Å²) >= 11 is 0. The van der Waals surface area contributed by atoms with Crippen molar-refractivity contribution in [3.05, 3.63) is 43.5 Å². The molecule has 2 aromatic heterocycles. The van der Waals surface area contributed by atoms with Crippen molar-refractivity contribution in [2.45, 2.75) is 0 Å². The Balaban J connectivity index is 3.23. The summed E-state index contributed by atoms with van der Waals surface area (Å²) in [7, 11) is 0. The van der Waals surface area contributed by atoms with E-state index in [4.69, 9.17) is 0 Å². The first-order chi connectivity index (χ1) is 5.61. The highest BCUT2D eigenvalue weighted by atomic mass is 16.6. The highest BCUT2D eigenvalue weighted by Crippen LogP contribution is 1.63. The second-order valence-corrected chi connectivity index (χ2v) is 2.12. The molecule has 0 radical (unpaired) electrons. The smallest absolute Gasteiger partial charge is 0.443 e. The molecule has 2 aromatic rings. The molecule has 8 heteroatoms. The van der Waals surface area contributed by atoms with Crippen LogP contribution in [-0.4, -0.2) is 9.26 Å². The number of nitrogens with zero attached hydrogens (tertiary/aromatic N) is 4. The van der Waals surface area contributed by atoms with Crippen LogP contribution in [0.5, 0.6) is 0 Å². The second kappa shape index (κ2) is 1.72. The van der Waals surface area contributed by atoms with Gasteiger partial charge < -0.3 is 10.4 Å². The number of rotatable bonds is 0. The Bertz CT molecular complexity index is 494. The van der Waals surface area contributed by atoms with E-state index in [0.29, 0.717) is 21.7 Å². The van der Waals surface area contributed by atoms with Crippen molar-refractivity contribution in [1.29, 1.82) is 0 Å². The fraction of sp³-hybridized carbons (Fsp3) is 0. The Kier molecular flexibility index (Phi) is 0.946. The topological polar surface area (TPSA) is 96.8 Å². The van der Waals surface area contributed by atoms with Gasteiger partial charge in [0.25, 0.3) is 12.4 Å². The molecule has 2 heterocycles. The average molecular weight is 170 g/mol. The van der Waals surface area contributed by atoms with Crippen molar-refractivity contribution < 1.29 is 9.69 Å². The zero-order valence-electron chi connectivity index (χ0n) is 5.58. The summed E-state index contributed by atoms with van der Waals surface area (Å²) in [5.41, 5.74) is -1.66. The van der Waals surface area contributed by atoms with E-state index in [2.05, 4.69) is 0 Å². The van der Waals surface area contributed by atoms with E-state index in [1.807, 2.05) is 0 Å². The van der Waals surface area contributed by atoms with Crippen molar-refractivity contribution in [3.63, 3.8) is 0 Å². The fourth-order valence-electron chi connectivity index (χ4n) is 0.950. The molecule has 0 bridgehead atoms. The summed E-state index contributed by atoms with van der Waals surface area (Å²) in [6.45, 7) is 0. The van der Waals surface area contributed by atoms with Gasteiger partial charge in [0.15, 0.2) is 4.74 Å². The molecule has 0 atom stereocenters. The molecule has 2 rings (SSSR count). The molecular weight excluding hydrogens is 168 g/mol. The van der Waals surface area contributed by atoms with Gasteiger partial charge in [-0.3, -0.25) is 0 Å². The quantitative estimate of drug-likeness (QED) is 0.302. The lowest BCUT2D eigenvalue weighted by Gasteiger charge is -1.92. The minimum absolute atomic E-state index is 0.0171. The lowest BCUT2D eigenvalue weighted by molar-refractivity contribution is -0.862. The summed E-state index contributed by atoms with van der Waals surface area (Å²) in [6.07, 6.45) is 1.19. The van der Waals surface area contributed by atoms with Gasteiger partial charge in [-0.15, -0.1) is 0 Å². The van der Waals surface area contributed by atoms with Gasteiger partial charge in [-0.25, -0.2) is 9.59 Å². The molecule has 0 amide bonds. The first-order valence-electron chi connectivity index (χ1n) is 2.91. The van der Waals surface area contributed by atoms with Crippen molar-refractivity contribution >= 4 is 0 Å². The molecule has 0 spiro atoms. The molecule has 12 heavy (non-hydrogen) atoms. The van der Waals surface area contributed by atoms with Crippen LogP contribution in [0.15, 0.2) is 22.0 Å². The van der Waals surface area contributed by atoms with E-state index in [-0.39, 0.29) is 9.69 Å². The summed E-state index contributed by atoms with van der Waals surface area (Å²) < 4.78 is 0.769. The highest BCUT2D eigenvalue weighted by molar-refractivity contribution is 4.71. The maximum absolute atomic E-state index is 10.8. The molecule has 0 aromatic carbocycles. The maximum Gasteiger partial charge on any atom is 0.443 e. The van der Waals surface area contributed by atoms with E-state index in [9.17, 15) is 20.0 Å². The molecule has 0 aliphatic carbocycles. The number of aromatic nitrogens is 4. The normalized spacial score (nSPS) is 11.0. The minimum Gasteiger partial charge on any atom is -0.656 e. The molecule has 62 valence electrons. The van der Waals surface area contributed by atoms with Crippen LogP contribution in [0.1, 0.15) is 0 Å². The third-order valence-electron chi connectivity index (χ3n) is 1.39. The van der Waals surface area contributed by atoms with E-state index >= 15 is 0 Å². The van der Waals surface area contributed by atoms with Crippen LogP contribution in [-0.2, 0) is 0 Å². The fourth-order valence-corrected chi connectivity index (χ4v) is 0.950. The van der Waals surface area contributed by atoms with Crippen LogP contribution < -0.4 is 20.8 Å². The monoisotopic (exact) mass is 170 g/mol. The summed E-state index contributed by atoms with van der Waals surface area (Å²) in [6, 6.07) is 0. The van der Waals surface area contributed by atoms with E-state index in [1.54, 1.807) is 0 Å². The van der Waals surface area contributed by atoms with Gasteiger partial charge in [0.1, 0.15) is 0 Å². The molecule has 0 unspecified atom stereocenters. The van der Waals surface area contributed by atoms with Gasteiger partial charge >= 0.3 is 11.1 Å². The Hall–Kier alpha value is -2.12. The Morgan fingerprint density at radius 1 is 1.08 bits per heavy atom. The third kappa shape index (κ3) is 0.557. The summed E-state index contributed by atoms with van der Waals surface area (Å²) in [5, 5.41) is 21.5. The third-order valence-corrected chi connectivity index (χ3v) is 1.39. The minimum atomic E-state index is -0.829. The van der Waals surface area contributed by atoms with Crippen LogP contribution >= 0.6 is 0 Å². The van der Waals surface area contributed by atoms with Crippen LogP contribution in [0.3, 0.4) is 0 Å². The van der Waals surface area contributed by atoms with Crippen molar-refractivity contribution in [1.82, 2.24) is 9.26 Å². The van der Waals surface area contributed by atoms with E-state index in [0.717, 1.165) is 0 Å². The van der Waals surface area contributed by atoms with Crippen LogP contribution in [0.25, 0.3) is 0 Å². The molecule has 0 aliphatic heterocycles. The Morgan fingerprint density at radius 2 is 1.50 bits per heavy atom. The average Bonchev–Trinajstić information content (AvgIpc) is 2.38.